The zero-order chi connectivity index (χ0) is 25.3. The van der Waals surface area contributed by atoms with Crippen molar-refractivity contribution in [2.75, 3.05) is 13.1 Å². The van der Waals surface area contributed by atoms with Gasteiger partial charge in [-0.05, 0) is 56.5 Å². The minimum absolute atomic E-state index is 0.154. The van der Waals surface area contributed by atoms with Gasteiger partial charge in [-0.15, -0.1) is 0 Å². The molecule has 186 valence electrons. The van der Waals surface area contributed by atoms with Crippen molar-refractivity contribution in [3.05, 3.63) is 71.7 Å². The molecule has 2 fully saturated rings. The quantitative estimate of drug-likeness (QED) is 0.388. The van der Waals surface area contributed by atoms with E-state index in [4.69, 9.17) is 0 Å². The number of carbonyl (C=O) groups is 3. The summed E-state index contributed by atoms with van der Waals surface area (Å²) in [4.78, 5) is 39.6. The van der Waals surface area contributed by atoms with Gasteiger partial charge in [0.2, 0.25) is 0 Å². The lowest BCUT2D eigenvalue weighted by Gasteiger charge is -2.20. The van der Waals surface area contributed by atoms with Crippen LogP contribution in [-0.2, 0) is 4.79 Å². The van der Waals surface area contributed by atoms with Crippen molar-refractivity contribution >= 4 is 17.8 Å². The Morgan fingerprint density at radius 3 is 2.61 bits per heavy atom. The normalized spacial score (nSPS) is 16.6. The molecular weight excluding hydrogens is 461 g/mol. The molecule has 1 aromatic heterocycles. The van der Waals surface area contributed by atoms with Gasteiger partial charge < -0.3 is 10.6 Å². The Labute approximate surface area is 208 Å². The van der Waals surface area contributed by atoms with Crippen LogP contribution in [0.2, 0.25) is 0 Å². The summed E-state index contributed by atoms with van der Waals surface area (Å²) in [5.74, 6) is -0.824. The topological polar surface area (TPSA) is 96.3 Å². The molecule has 2 heterocycles. The van der Waals surface area contributed by atoms with Gasteiger partial charge in [-0.2, -0.15) is 5.10 Å². The van der Waals surface area contributed by atoms with Crippen molar-refractivity contribution in [3.8, 4) is 16.9 Å². The average Bonchev–Trinajstić information content (AvgIpc) is 3.57. The predicted molar refractivity (Wildman–Crippen MR) is 132 cm³/mol. The Bertz CT molecular complexity index is 1310. The van der Waals surface area contributed by atoms with Crippen molar-refractivity contribution in [2.45, 2.75) is 44.6 Å². The van der Waals surface area contributed by atoms with Crippen LogP contribution >= 0.6 is 0 Å². The van der Waals surface area contributed by atoms with E-state index in [0.717, 1.165) is 24.0 Å². The van der Waals surface area contributed by atoms with Crippen molar-refractivity contribution in [1.29, 1.82) is 0 Å². The van der Waals surface area contributed by atoms with Crippen LogP contribution < -0.4 is 10.6 Å². The predicted octanol–water partition coefficient (Wildman–Crippen LogP) is 3.97. The highest BCUT2D eigenvalue weighted by Crippen LogP contribution is 2.35. The molecular formula is C27H28FN5O3. The number of imide groups is 1. The molecule has 1 aliphatic carbocycles. The van der Waals surface area contributed by atoms with Gasteiger partial charge >= 0.3 is 6.03 Å². The number of nitrogens with zero attached hydrogens (tertiary/aromatic N) is 3. The van der Waals surface area contributed by atoms with Crippen molar-refractivity contribution in [3.63, 3.8) is 0 Å². The van der Waals surface area contributed by atoms with E-state index < -0.39 is 5.54 Å². The van der Waals surface area contributed by atoms with Gasteiger partial charge in [-0.25, -0.2) is 13.9 Å². The Morgan fingerprint density at radius 2 is 1.89 bits per heavy atom. The molecule has 3 aromatic rings. The summed E-state index contributed by atoms with van der Waals surface area (Å²) in [5.41, 5.74) is 2.62. The van der Waals surface area contributed by atoms with E-state index in [1.807, 2.05) is 31.2 Å². The molecule has 5 rings (SSSR count). The van der Waals surface area contributed by atoms with Gasteiger partial charge in [-0.1, -0.05) is 36.6 Å². The molecule has 1 saturated carbocycles. The van der Waals surface area contributed by atoms with E-state index in [0.29, 0.717) is 36.2 Å². The number of rotatable bonds is 7. The van der Waals surface area contributed by atoms with Gasteiger partial charge in [0.1, 0.15) is 17.1 Å². The van der Waals surface area contributed by atoms with E-state index >= 15 is 0 Å². The van der Waals surface area contributed by atoms with Crippen LogP contribution in [0.1, 0.15) is 48.0 Å². The Morgan fingerprint density at radius 1 is 1.14 bits per heavy atom. The maximum Gasteiger partial charge on any atom is 0.325 e. The second-order valence-electron chi connectivity index (χ2n) is 9.47. The van der Waals surface area contributed by atoms with Crippen molar-refractivity contribution < 1.29 is 18.8 Å². The number of amides is 4. The molecule has 36 heavy (non-hydrogen) atoms. The van der Waals surface area contributed by atoms with Gasteiger partial charge in [0.25, 0.3) is 11.8 Å². The Kier molecular flexibility index (Phi) is 6.30. The smallest absolute Gasteiger partial charge is 0.325 e. The summed E-state index contributed by atoms with van der Waals surface area (Å²) < 4.78 is 15.0. The SMILES string of the molecule is Cc1cccc(-c2nn(-c3ccc(F)cc3)cc2C(=O)NCCCN2C(=O)NC3(CCCC3)C2=O)c1. The summed E-state index contributed by atoms with van der Waals surface area (Å²) in [6.45, 7) is 2.50. The summed E-state index contributed by atoms with van der Waals surface area (Å²) in [7, 11) is 0. The van der Waals surface area contributed by atoms with Gasteiger partial charge in [0.15, 0.2) is 0 Å². The standard InChI is InChI=1S/C27H28FN5O3/c1-18-6-4-7-19(16-18)23-22(17-33(31-23)21-10-8-20(28)9-11-21)24(34)29-14-5-15-32-25(35)27(30-26(32)36)12-2-3-13-27/h4,6-11,16-17H,2-3,5,12-15H2,1H3,(H,29,34)(H,30,36). The first-order valence-electron chi connectivity index (χ1n) is 12.2. The molecule has 1 spiro atoms. The summed E-state index contributed by atoms with van der Waals surface area (Å²) in [6.07, 6.45) is 5.30. The summed E-state index contributed by atoms with van der Waals surface area (Å²) in [5, 5.41) is 10.4. The number of hydrogen-bond acceptors (Lipinski definition) is 4. The minimum Gasteiger partial charge on any atom is -0.352 e. The number of carbonyl (C=O) groups excluding carboxylic acids is 3. The molecule has 9 heteroatoms. The molecule has 0 unspecified atom stereocenters. The van der Waals surface area contributed by atoms with Gasteiger partial charge in [0, 0.05) is 24.8 Å². The largest absolute Gasteiger partial charge is 0.352 e. The van der Waals surface area contributed by atoms with Crippen LogP contribution in [-0.4, -0.2) is 51.2 Å². The number of nitrogens with one attached hydrogen (secondary N) is 2. The van der Waals surface area contributed by atoms with Crippen LogP contribution in [0, 0.1) is 12.7 Å². The lowest BCUT2D eigenvalue weighted by molar-refractivity contribution is -0.131. The van der Waals surface area contributed by atoms with E-state index in [9.17, 15) is 18.8 Å². The highest BCUT2D eigenvalue weighted by molar-refractivity contribution is 6.07. The van der Waals surface area contributed by atoms with Crippen LogP contribution in [0.4, 0.5) is 9.18 Å². The molecule has 1 aliphatic heterocycles. The van der Waals surface area contributed by atoms with E-state index in [2.05, 4.69) is 15.7 Å². The fourth-order valence-electron chi connectivity index (χ4n) is 5.00. The van der Waals surface area contributed by atoms with Crippen LogP contribution in [0.5, 0.6) is 0 Å². The number of aryl methyl sites for hydroxylation is 1. The van der Waals surface area contributed by atoms with Crippen LogP contribution in [0.15, 0.2) is 54.7 Å². The maximum atomic E-state index is 13.4. The molecule has 8 nitrogen and oxygen atoms in total. The Balaban J connectivity index is 1.29. The lowest BCUT2D eigenvalue weighted by Crippen LogP contribution is -2.44. The van der Waals surface area contributed by atoms with Gasteiger partial charge in [-0.3, -0.25) is 14.5 Å². The van der Waals surface area contributed by atoms with Gasteiger partial charge in [0.05, 0.1) is 11.3 Å². The van der Waals surface area contributed by atoms with E-state index in [-0.39, 0.29) is 36.8 Å². The molecule has 0 atom stereocenters. The minimum atomic E-state index is -0.724. The average molecular weight is 490 g/mol. The fraction of sp³-hybridized carbons (Fsp3) is 0.333. The second kappa shape index (κ2) is 9.56. The third-order valence-corrected chi connectivity index (χ3v) is 6.89. The summed E-state index contributed by atoms with van der Waals surface area (Å²) >= 11 is 0. The highest BCUT2D eigenvalue weighted by atomic mass is 19.1. The fourth-order valence-corrected chi connectivity index (χ4v) is 5.00. The first-order valence-corrected chi connectivity index (χ1v) is 12.2. The molecule has 2 aliphatic rings. The molecule has 2 N–H and O–H groups in total. The lowest BCUT2D eigenvalue weighted by atomic mass is 9.98. The maximum absolute atomic E-state index is 13.4. The van der Waals surface area contributed by atoms with Crippen molar-refractivity contribution in [2.24, 2.45) is 0 Å². The molecule has 1 saturated heterocycles. The summed E-state index contributed by atoms with van der Waals surface area (Å²) in [6, 6.07) is 13.2. The first-order chi connectivity index (χ1) is 17.4. The van der Waals surface area contributed by atoms with Crippen LogP contribution in [0.3, 0.4) is 0 Å². The highest BCUT2D eigenvalue weighted by Gasteiger charge is 2.52. The first kappa shape index (κ1) is 23.7. The third-order valence-electron chi connectivity index (χ3n) is 6.89. The van der Waals surface area contributed by atoms with Crippen molar-refractivity contribution in [1.82, 2.24) is 25.3 Å². The number of hydrogen-bond donors (Lipinski definition) is 2. The Hall–Kier alpha value is -4.01. The molecule has 0 bridgehead atoms. The molecule has 2 aromatic carbocycles. The van der Waals surface area contributed by atoms with E-state index in [1.54, 1.807) is 23.0 Å². The molecule has 4 amide bonds. The zero-order valence-electron chi connectivity index (χ0n) is 20.1. The van der Waals surface area contributed by atoms with E-state index in [1.165, 1.54) is 17.0 Å². The number of aromatic nitrogens is 2. The van der Waals surface area contributed by atoms with Crippen LogP contribution in [0.25, 0.3) is 16.9 Å². The second-order valence-corrected chi connectivity index (χ2v) is 9.47. The molecule has 0 radical (unpaired) electrons. The number of halogens is 1. The number of urea groups is 1. The third kappa shape index (κ3) is 4.48. The zero-order valence-corrected chi connectivity index (χ0v) is 20.1. The number of benzene rings is 2. The monoisotopic (exact) mass is 489 g/mol.